The van der Waals surface area contributed by atoms with Crippen LogP contribution in [0.3, 0.4) is 0 Å². The molecule has 7 aromatic rings. The van der Waals surface area contributed by atoms with Crippen LogP contribution >= 0.6 is 0 Å². The number of fused-ring (bicyclic) bond motifs is 2. The molecule has 4 N–H and O–H groups in total. The van der Waals surface area contributed by atoms with Gasteiger partial charge in [0, 0.05) is 60.2 Å². The number of rotatable bonds is 7. The zero-order valence-corrected chi connectivity index (χ0v) is 30.4. The third-order valence-electron chi connectivity index (χ3n) is 11.8. The Morgan fingerprint density at radius 2 is 1.16 bits per heavy atom. The van der Waals surface area contributed by atoms with E-state index in [0.717, 1.165) is 50.2 Å². The Hall–Kier alpha value is -5.53. The number of H-pyrrole nitrogens is 2. The summed E-state index contributed by atoms with van der Waals surface area (Å²) in [5.41, 5.74) is 3.94. The molecule has 286 valence electrons. The summed E-state index contributed by atoms with van der Waals surface area (Å²) >= 11 is 0. The lowest BCUT2D eigenvalue weighted by atomic mass is 9.89. The standard InChI is InChI=1S/C43H39F5N8/c44-25-7-5-23(6-8-25)24-9-14-55(15-10-24)41-32(47)17-26(18-33(41)48)56-16-11-27(28-19-36-38(21-30(28)45)53-42(51-36)34-3-1-12-49-34)40(56)29-20-37-39(22-31(29)46)54-43(52-37)35-4-2-13-50-35/h5-8,11,16-22,24,34-35,49-50H,1-4,9-10,12-15H2,(H,51,53)(H,52,54)/t34-,35-/m0/s1. The molecule has 0 radical (unpaired) electrons. The molecule has 13 heteroatoms. The molecule has 0 spiro atoms. The molecule has 3 fully saturated rings. The minimum Gasteiger partial charge on any atom is -0.367 e. The first kappa shape index (κ1) is 34.9. The number of anilines is 1. The van der Waals surface area contributed by atoms with Gasteiger partial charge >= 0.3 is 0 Å². The van der Waals surface area contributed by atoms with E-state index in [1.165, 1.54) is 41.0 Å². The molecule has 8 nitrogen and oxygen atoms in total. The fourth-order valence-electron chi connectivity index (χ4n) is 8.96. The molecular weight excluding hydrogens is 724 g/mol. The molecule has 10 rings (SSSR count). The molecule has 0 aliphatic carbocycles. The second-order valence-corrected chi connectivity index (χ2v) is 15.3. The second-order valence-electron chi connectivity index (χ2n) is 15.3. The monoisotopic (exact) mass is 762 g/mol. The van der Waals surface area contributed by atoms with Crippen LogP contribution in [0.5, 0.6) is 0 Å². The second kappa shape index (κ2) is 13.9. The van der Waals surface area contributed by atoms with Gasteiger partial charge in [-0.2, -0.15) is 0 Å². The molecule has 0 unspecified atom stereocenters. The van der Waals surface area contributed by atoms with Gasteiger partial charge in [-0.05, 0) is 93.4 Å². The lowest BCUT2D eigenvalue weighted by molar-refractivity contribution is 0.485. The van der Waals surface area contributed by atoms with Gasteiger partial charge < -0.3 is 30.1 Å². The van der Waals surface area contributed by atoms with Gasteiger partial charge in [0.1, 0.15) is 34.8 Å². The van der Waals surface area contributed by atoms with Crippen molar-refractivity contribution in [2.45, 2.75) is 56.5 Å². The highest BCUT2D eigenvalue weighted by molar-refractivity contribution is 5.91. The van der Waals surface area contributed by atoms with Crippen LogP contribution in [0.15, 0.2) is 72.9 Å². The number of aromatic nitrogens is 5. The highest BCUT2D eigenvalue weighted by Gasteiger charge is 2.29. The van der Waals surface area contributed by atoms with Crippen LogP contribution in [-0.2, 0) is 0 Å². The first-order valence-electron chi connectivity index (χ1n) is 19.3. The predicted octanol–water partition coefficient (Wildman–Crippen LogP) is 9.49. The highest BCUT2D eigenvalue weighted by Crippen LogP contribution is 2.42. The molecule has 3 aromatic heterocycles. The maximum absolute atomic E-state index is 16.5. The van der Waals surface area contributed by atoms with E-state index in [0.29, 0.717) is 59.4 Å². The summed E-state index contributed by atoms with van der Waals surface area (Å²) in [5, 5.41) is 6.82. The number of benzene rings is 4. The number of imidazole rings is 2. The Labute approximate surface area is 319 Å². The lowest BCUT2D eigenvalue weighted by Gasteiger charge is -2.34. The Balaban J connectivity index is 1.06. The molecule has 0 amide bonds. The topological polar surface area (TPSA) is 89.6 Å². The van der Waals surface area contributed by atoms with Crippen molar-refractivity contribution in [2.24, 2.45) is 0 Å². The van der Waals surface area contributed by atoms with Crippen molar-refractivity contribution in [2.75, 3.05) is 31.1 Å². The highest BCUT2D eigenvalue weighted by atomic mass is 19.1. The smallest absolute Gasteiger partial charge is 0.151 e. The molecule has 3 aliphatic heterocycles. The Kier molecular flexibility index (Phi) is 8.66. The molecule has 0 saturated carbocycles. The number of halogens is 5. The number of nitrogens with one attached hydrogen (secondary N) is 4. The van der Waals surface area contributed by atoms with Crippen molar-refractivity contribution in [3.05, 3.63) is 119 Å². The Morgan fingerprint density at radius 1 is 0.589 bits per heavy atom. The van der Waals surface area contributed by atoms with Crippen molar-refractivity contribution < 1.29 is 22.0 Å². The Morgan fingerprint density at radius 3 is 1.73 bits per heavy atom. The van der Waals surface area contributed by atoms with Crippen LogP contribution < -0.4 is 15.5 Å². The van der Waals surface area contributed by atoms with E-state index in [1.54, 1.807) is 41.4 Å². The summed E-state index contributed by atoms with van der Waals surface area (Å²) in [4.78, 5) is 17.7. The van der Waals surface area contributed by atoms with Gasteiger partial charge in [-0.15, -0.1) is 0 Å². The normalized spacial score (nSPS) is 19.3. The molecule has 3 aliphatic rings. The van der Waals surface area contributed by atoms with Gasteiger partial charge in [-0.3, -0.25) is 0 Å². The van der Waals surface area contributed by atoms with Gasteiger partial charge in [0.05, 0.1) is 45.5 Å². The van der Waals surface area contributed by atoms with Crippen molar-refractivity contribution in [3.63, 3.8) is 0 Å². The maximum Gasteiger partial charge on any atom is 0.151 e. The summed E-state index contributed by atoms with van der Waals surface area (Å²) in [7, 11) is 0. The molecule has 56 heavy (non-hydrogen) atoms. The fraction of sp³-hybridized carbons (Fsp3) is 0.302. The van der Waals surface area contributed by atoms with E-state index in [2.05, 4.69) is 30.6 Å². The first-order chi connectivity index (χ1) is 27.3. The van der Waals surface area contributed by atoms with Gasteiger partial charge in [-0.1, -0.05) is 12.1 Å². The summed E-state index contributed by atoms with van der Waals surface area (Å²) in [6.45, 7) is 2.57. The molecule has 4 aromatic carbocycles. The summed E-state index contributed by atoms with van der Waals surface area (Å²) in [6, 6.07) is 16.6. The fourth-order valence-corrected chi connectivity index (χ4v) is 8.96. The van der Waals surface area contributed by atoms with Crippen LogP contribution in [-0.4, -0.2) is 50.7 Å². The van der Waals surface area contributed by atoms with E-state index in [-0.39, 0.29) is 52.0 Å². The molecule has 2 atom stereocenters. The minimum atomic E-state index is -0.766. The zero-order valence-electron chi connectivity index (χ0n) is 30.4. The van der Waals surface area contributed by atoms with Crippen LogP contribution in [0.1, 0.15) is 73.7 Å². The molecule has 6 heterocycles. The third-order valence-corrected chi connectivity index (χ3v) is 11.8. The molecule has 3 saturated heterocycles. The third kappa shape index (κ3) is 6.13. The summed E-state index contributed by atoms with van der Waals surface area (Å²) < 4.78 is 80.1. The van der Waals surface area contributed by atoms with E-state index in [9.17, 15) is 4.39 Å². The predicted molar refractivity (Wildman–Crippen MR) is 206 cm³/mol. The van der Waals surface area contributed by atoms with Crippen LogP contribution in [0.2, 0.25) is 0 Å². The number of nitrogens with zero attached hydrogens (tertiary/aromatic N) is 4. The number of hydrogen-bond donors (Lipinski definition) is 4. The van der Waals surface area contributed by atoms with Crippen LogP contribution in [0.25, 0.3) is 50.1 Å². The van der Waals surface area contributed by atoms with Gasteiger partial charge in [0.25, 0.3) is 0 Å². The molecule has 0 bridgehead atoms. The SMILES string of the molecule is Fc1ccc(C2CCN(c3c(F)cc(-n4ccc(-c5cc6[nH]c([C@@H]7CCCN7)nc6cc5F)c4-c4cc5[nH]c([C@@H]6CCCN6)nc5cc4F)cc3F)CC2)cc1. The molecular formula is C43H39F5N8. The summed E-state index contributed by atoms with van der Waals surface area (Å²) in [5.74, 6) is -1.44. The largest absolute Gasteiger partial charge is 0.367 e. The van der Waals surface area contributed by atoms with E-state index >= 15 is 17.6 Å². The quantitative estimate of drug-likeness (QED) is 0.122. The van der Waals surface area contributed by atoms with Crippen molar-refractivity contribution in [1.29, 1.82) is 0 Å². The Bertz CT molecular complexity index is 2570. The van der Waals surface area contributed by atoms with Crippen molar-refractivity contribution >= 4 is 27.8 Å². The minimum absolute atomic E-state index is 0.0195. The van der Waals surface area contributed by atoms with E-state index < -0.39 is 23.3 Å². The van der Waals surface area contributed by atoms with Crippen molar-refractivity contribution in [1.82, 2.24) is 35.1 Å². The van der Waals surface area contributed by atoms with E-state index in [4.69, 9.17) is 0 Å². The van der Waals surface area contributed by atoms with E-state index in [1.807, 2.05) is 0 Å². The lowest BCUT2D eigenvalue weighted by Crippen LogP contribution is -2.34. The van der Waals surface area contributed by atoms with Crippen molar-refractivity contribution in [3.8, 4) is 28.1 Å². The van der Waals surface area contributed by atoms with Gasteiger partial charge in [0.2, 0.25) is 0 Å². The average molecular weight is 763 g/mol. The zero-order chi connectivity index (χ0) is 38.1. The number of aromatic amines is 2. The number of piperidine rings is 1. The van der Waals surface area contributed by atoms with Crippen LogP contribution in [0, 0.1) is 29.1 Å². The number of hydrogen-bond acceptors (Lipinski definition) is 5. The van der Waals surface area contributed by atoms with Gasteiger partial charge in [-0.25, -0.2) is 31.9 Å². The first-order valence-corrected chi connectivity index (χ1v) is 19.3. The van der Waals surface area contributed by atoms with Gasteiger partial charge in [0.15, 0.2) is 11.6 Å². The summed E-state index contributed by atoms with van der Waals surface area (Å²) in [6.07, 6.45) is 6.71. The van der Waals surface area contributed by atoms with Crippen LogP contribution in [0.4, 0.5) is 27.6 Å². The average Bonchev–Trinajstić information content (AvgIpc) is 4.04. The maximum atomic E-state index is 16.5.